The van der Waals surface area contributed by atoms with E-state index in [0.29, 0.717) is 5.56 Å². The molecule has 144 valence electrons. The average Bonchev–Trinajstić information content (AvgIpc) is 3.15. The highest BCUT2D eigenvalue weighted by molar-refractivity contribution is 7.89. The van der Waals surface area contributed by atoms with Crippen molar-refractivity contribution in [2.75, 3.05) is 6.54 Å². The van der Waals surface area contributed by atoms with E-state index in [1.54, 1.807) is 12.1 Å². The average molecular weight is 395 g/mol. The van der Waals surface area contributed by atoms with Gasteiger partial charge in [0.2, 0.25) is 5.89 Å². The molecule has 0 radical (unpaired) electrons. The molecule has 1 N–H and O–H groups in total. The Morgan fingerprint density at radius 3 is 2.43 bits per heavy atom. The molecule has 0 saturated heterocycles. The molecule has 0 bridgehead atoms. The zero-order chi connectivity index (χ0) is 20.1. The molecule has 0 aliphatic heterocycles. The lowest BCUT2D eigenvalue weighted by Crippen LogP contribution is -2.28. The van der Waals surface area contributed by atoms with Crippen molar-refractivity contribution in [2.24, 2.45) is 0 Å². The molecule has 2 aromatic carbocycles. The third-order valence-electron chi connectivity index (χ3n) is 4.53. The SMILES string of the molecule is CC[C@H](CNS(=O)(=O)c1oc(-c2ccc(C)cc2)nc1C#N)c1ccccc1. The zero-order valence-corrected chi connectivity index (χ0v) is 16.5. The molecular weight excluding hydrogens is 374 g/mol. The summed E-state index contributed by atoms with van der Waals surface area (Å²) in [4.78, 5) is 4.05. The van der Waals surface area contributed by atoms with Gasteiger partial charge in [-0.15, -0.1) is 0 Å². The van der Waals surface area contributed by atoms with E-state index in [-0.39, 0.29) is 24.0 Å². The quantitative estimate of drug-likeness (QED) is 0.652. The van der Waals surface area contributed by atoms with Gasteiger partial charge in [-0.1, -0.05) is 55.0 Å². The monoisotopic (exact) mass is 395 g/mol. The Kier molecular flexibility index (Phi) is 5.93. The smallest absolute Gasteiger partial charge is 0.277 e. The summed E-state index contributed by atoms with van der Waals surface area (Å²) in [5.41, 5.74) is 2.46. The van der Waals surface area contributed by atoms with Crippen LogP contribution in [0.25, 0.3) is 11.5 Å². The van der Waals surface area contributed by atoms with Crippen LogP contribution in [0.2, 0.25) is 0 Å². The summed E-state index contributed by atoms with van der Waals surface area (Å²) in [6.45, 7) is 4.14. The van der Waals surface area contributed by atoms with Crippen molar-refractivity contribution in [1.29, 1.82) is 5.26 Å². The number of nitrogens with zero attached hydrogens (tertiary/aromatic N) is 2. The number of aryl methyl sites for hydroxylation is 1. The van der Waals surface area contributed by atoms with Crippen LogP contribution in [0.3, 0.4) is 0 Å². The van der Waals surface area contributed by atoms with Gasteiger partial charge in [-0.25, -0.2) is 13.1 Å². The fourth-order valence-corrected chi connectivity index (χ4v) is 3.96. The summed E-state index contributed by atoms with van der Waals surface area (Å²) in [7, 11) is -4.01. The number of hydrogen-bond acceptors (Lipinski definition) is 5. The normalized spacial score (nSPS) is 12.5. The van der Waals surface area contributed by atoms with E-state index >= 15 is 0 Å². The van der Waals surface area contributed by atoms with Gasteiger partial charge in [0.25, 0.3) is 15.1 Å². The van der Waals surface area contributed by atoms with Crippen molar-refractivity contribution in [1.82, 2.24) is 9.71 Å². The van der Waals surface area contributed by atoms with E-state index in [1.807, 2.05) is 62.4 Å². The minimum atomic E-state index is -4.01. The molecule has 7 heteroatoms. The minimum absolute atomic E-state index is 0.0148. The van der Waals surface area contributed by atoms with E-state index in [0.717, 1.165) is 17.5 Å². The second-order valence-electron chi connectivity index (χ2n) is 6.50. The second kappa shape index (κ2) is 8.38. The summed E-state index contributed by atoms with van der Waals surface area (Å²) >= 11 is 0. The molecule has 0 unspecified atom stereocenters. The first kappa shape index (κ1) is 19.8. The summed E-state index contributed by atoms with van der Waals surface area (Å²) in [6, 6.07) is 18.8. The van der Waals surface area contributed by atoms with Crippen LogP contribution in [0.5, 0.6) is 0 Å². The molecule has 0 saturated carbocycles. The van der Waals surface area contributed by atoms with E-state index in [2.05, 4.69) is 9.71 Å². The van der Waals surface area contributed by atoms with Gasteiger partial charge in [-0.2, -0.15) is 10.2 Å². The molecule has 3 rings (SSSR count). The van der Waals surface area contributed by atoms with E-state index in [1.165, 1.54) is 0 Å². The Morgan fingerprint density at radius 1 is 1.14 bits per heavy atom. The maximum absolute atomic E-state index is 12.8. The maximum atomic E-state index is 12.8. The van der Waals surface area contributed by atoms with Crippen LogP contribution in [-0.2, 0) is 10.0 Å². The first-order chi connectivity index (χ1) is 13.4. The van der Waals surface area contributed by atoms with Crippen LogP contribution < -0.4 is 4.72 Å². The summed E-state index contributed by atoms with van der Waals surface area (Å²) in [6.07, 6.45) is 0.767. The number of rotatable bonds is 7. The zero-order valence-electron chi connectivity index (χ0n) is 15.7. The van der Waals surface area contributed by atoms with Gasteiger partial charge in [0.05, 0.1) is 0 Å². The predicted molar refractivity (Wildman–Crippen MR) is 106 cm³/mol. The fraction of sp³-hybridized carbons (Fsp3) is 0.238. The molecule has 3 aromatic rings. The first-order valence-corrected chi connectivity index (χ1v) is 10.5. The largest absolute Gasteiger partial charge is 0.422 e. The second-order valence-corrected chi connectivity index (χ2v) is 8.17. The van der Waals surface area contributed by atoms with Gasteiger partial charge in [-0.05, 0) is 37.0 Å². The van der Waals surface area contributed by atoms with E-state index < -0.39 is 15.1 Å². The molecule has 1 heterocycles. The lowest BCUT2D eigenvalue weighted by molar-refractivity contribution is 0.451. The third kappa shape index (κ3) is 4.30. The van der Waals surface area contributed by atoms with Crippen molar-refractivity contribution >= 4 is 10.0 Å². The molecule has 0 aliphatic rings. The van der Waals surface area contributed by atoms with Gasteiger partial charge >= 0.3 is 0 Å². The summed E-state index contributed by atoms with van der Waals surface area (Å²) in [5, 5.41) is 8.87. The van der Waals surface area contributed by atoms with E-state index in [4.69, 9.17) is 4.42 Å². The van der Waals surface area contributed by atoms with Gasteiger partial charge in [0, 0.05) is 12.1 Å². The highest BCUT2D eigenvalue weighted by Gasteiger charge is 2.27. The highest BCUT2D eigenvalue weighted by Crippen LogP contribution is 2.26. The van der Waals surface area contributed by atoms with Crippen LogP contribution in [-0.4, -0.2) is 19.9 Å². The van der Waals surface area contributed by atoms with Crippen LogP contribution in [0.4, 0.5) is 0 Å². The van der Waals surface area contributed by atoms with Crippen LogP contribution >= 0.6 is 0 Å². The Bertz CT molecular complexity index is 1080. The molecule has 28 heavy (non-hydrogen) atoms. The van der Waals surface area contributed by atoms with Crippen molar-refractivity contribution in [3.63, 3.8) is 0 Å². The predicted octanol–water partition coefficient (Wildman–Crippen LogP) is 3.99. The Balaban J connectivity index is 1.85. The Labute approximate surface area is 164 Å². The van der Waals surface area contributed by atoms with Gasteiger partial charge in [0.15, 0.2) is 5.69 Å². The number of oxazole rings is 1. The standard InChI is InChI=1S/C21H21N3O3S/c1-3-16(17-7-5-4-6-8-17)14-23-28(25,26)21-19(13-22)24-20(27-21)18-11-9-15(2)10-12-18/h4-12,16,23H,3,14H2,1-2H3/t16-/m1/s1. The third-order valence-corrected chi connectivity index (χ3v) is 5.84. The number of sulfonamides is 1. The van der Waals surface area contributed by atoms with Gasteiger partial charge < -0.3 is 4.42 Å². The van der Waals surface area contributed by atoms with Crippen LogP contribution in [0, 0.1) is 18.3 Å². The van der Waals surface area contributed by atoms with E-state index in [9.17, 15) is 13.7 Å². The molecule has 1 aromatic heterocycles. The molecule has 0 spiro atoms. The van der Waals surface area contributed by atoms with Crippen molar-refractivity contribution < 1.29 is 12.8 Å². The highest BCUT2D eigenvalue weighted by atomic mass is 32.2. The number of benzene rings is 2. The minimum Gasteiger partial charge on any atom is -0.422 e. The Morgan fingerprint density at radius 2 is 1.82 bits per heavy atom. The maximum Gasteiger partial charge on any atom is 0.277 e. The fourth-order valence-electron chi connectivity index (χ4n) is 2.88. The number of nitriles is 1. The number of hydrogen-bond donors (Lipinski definition) is 1. The summed E-state index contributed by atoms with van der Waals surface area (Å²) in [5.74, 6) is 0.119. The van der Waals surface area contributed by atoms with Crippen molar-refractivity contribution in [3.8, 4) is 17.5 Å². The molecule has 0 aliphatic carbocycles. The molecule has 0 amide bonds. The summed E-state index contributed by atoms with van der Waals surface area (Å²) < 4.78 is 33.6. The van der Waals surface area contributed by atoms with Gasteiger partial charge in [0.1, 0.15) is 6.07 Å². The van der Waals surface area contributed by atoms with Crippen molar-refractivity contribution in [3.05, 3.63) is 71.4 Å². The lowest BCUT2D eigenvalue weighted by atomic mass is 9.97. The van der Waals surface area contributed by atoms with Gasteiger partial charge in [-0.3, -0.25) is 0 Å². The molecular formula is C21H21N3O3S. The molecule has 6 nitrogen and oxygen atoms in total. The lowest BCUT2D eigenvalue weighted by Gasteiger charge is -2.15. The first-order valence-electron chi connectivity index (χ1n) is 8.97. The van der Waals surface area contributed by atoms with Crippen LogP contribution in [0.15, 0.2) is 64.1 Å². The van der Waals surface area contributed by atoms with Crippen LogP contribution in [0.1, 0.15) is 36.1 Å². The molecule has 0 fully saturated rings. The Hall–Kier alpha value is -2.95. The molecule has 1 atom stereocenters. The topological polar surface area (TPSA) is 96.0 Å². The van der Waals surface area contributed by atoms with Crippen molar-refractivity contribution in [2.45, 2.75) is 31.3 Å². The number of aromatic nitrogens is 1. The number of nitrogens with one attached hydrogen (secondary N) is 1.